The van der Waals surface area contributed by atoms with E-state index in [1.54, 1.807) is 11.3 Å². The first-order valence-electron chi connectivity index (χ1n) is 5.58. The maximum absolute atomic E-state index is 4.47. The number of thiophene rings is 1. The maximum Gasteiger partial charge on any atom is 0.110 e. The second-order valence-corrected chi connectivity index (χ2v) is 4.77. The van der Waals surface area contributed by atoms with Crippen LogP contribution in [0.1, 0.15) is 25.1 Å². The van der Waals surface area contributed by atoms with Crippen molar-refractivity contribution in [3.63, 3.8) is 0 Å². The lowest BCUT2D eigenvalue weighted by Crippen LogP contribution is -2.17. The van der Waals surface area contributed by atoms with E-state index < -0.39 is 0 Å². The molecule has 0 aromatic carbocycles. The van der Waals surface area contributed by atoms with Gasteiger partial charge < -0.3 is 10.3 Å². The van der Waals surface area contributed by atoms with Crippen LogP contribution in [-0.2, 0) is 0 Å². The molecule has 1 unspecified atom stereocenters. The number of aromatic amines is 1. The van der Waals surface area contributed by atoms with Crippen molar-refractivity contribution in [3.05, 3.63) is 29.5 Å². The van der Waals surface area contributed by atoms with Crippen LogP contribution in [0.4, 0.5) is 0 Å². The Morgan fingerprint density at radius 3 is 3.06 bits per heavy atom. The molecule has 2 N–H and O–H groups in total. The van der Waals surface area contributed by atoms with Gasteiger partial charge in [0.2, 0.25) is 0 Å². The lowest BCUT2D eigenvalue weighted by molar-refractivity contribution is 0.586. The van der Waals surface area contributed by atoms with Crippen molar-refractivity contribution >= 4 is 11.3 Å². The Labute approximate surface area is 99.9 Å². The van der Waals surface area contributed by atoms with Gasteiger partial charge in [0, 0.05) is 12.5 Å². The first-order valence-corrected chi connectivity index (χ1v) is 6.46. The summed E-state index contributed by atoms with van der Waals surface area (Å²) in [5.41, 5.74) is 1.12. The summed E-state index contributed by atoms with van der Waals surface area (Å²) in [6.07, 6.45) is 3.03. The number of hydrogen-bond acceptors (Lipinski definition) is 3. The van der Waals surface area contributed by atoms with Gasteiger partial charge in [0.15, 0.2) is 0 Å². The van der Waals surface area contributed by atoms with Crippen molar-refractivity contribution in [3.8, 4) is 10.6 Å². The predicted molar refractivity (Wildman–Crippen MR) is 68.9 cm³/mol. The van der Waals surface area contributed by atoms with Crippen LogP contribution in [0.3, 0.4) is 0 Å². The zero-order chi connectivity index (χ0) is 11.4. The highest BCUT2D eigenvalue weighted by Gasteiger charge is 2.12. The summed E-state index contributed by atoms with van der Waals surface area (Å²) in [5, 5.41) is 5.29. The molecule has 86 valence electrons. The summed E-state index contributed by atoms with van der Waals surface area (Å²) in [6, 6.07) is 4.17. The summed E-state index contributed by atoms with van der Waals surface area (Å²) in [6.45, 7) is 3.16. The van der Waals surface area contributed by atoms with Crippen molar-refractivity contribution in [2.45, 2.75) is 19.3 Å². The molecule has 0 fully saturated rings. The molecule has 2 aromatic heterocycles. The van der Waals surface area contributed by atoms with Crippen molar-refractivity contribution in [1.29, 1.82) is 0 Å². The summed E-state index contributed by atoms with van der Waals surface area (Å²) >= 11 is 1.74. The molecule has 4 heteroatoms. The van der Waals surface area contributed by atoms with Gasteiger partial charge in [0.05, 0.1) is 16.8 Å². The van der Waals surface area contributed by atoms with E-state index in [1.807, 2.05) is 13.2 Å². The number of likely N-dealkylation sites (N-methyl/N-ethyl adjacent to an activating group) is 1. The van der Waals surface area contributed by atoms with Gasteiger partial charge in [0.1, 0.15) is 5.82 Å². The molecule has 0 aliphatic rings. The standard InChI is InChI=1S/C12H17N3S/c1-3-9(7-13-2)12-14-8-10(15-12)11-5-4-6-16-11/h4-6,8-9,13H,3,7H2,1-2H3,(H,14,15). The fourth-order valence-electron chi connectivity index (χ4n) is 1.78. The molecule has 0 amide bonds. The normalized spacial score (nSPS) is 12.9. The zero-order valence-corrected chi connectivity index (χ0v) is 10.5. The van der Waals surface area contributed by atoms with Gasteiger partial charge in [-0.15, -0.1) is 11.3 Å². The third kappa shape index (κ3) is 2.33. The molecular weight excluding hydrogens is 218 g/mol. The highest BCUT2D eigenvalue weighted by Crippen LogP contribution is 2.25. The second-order valence-electron chi connectivity index (χ2n) is 3.82. The van der Waals surface area contributed by atoms with Crippen LogP contribution in [-0.4, -0.2) is 23.6 Å². The number of nitrogens with zero attached hydrogens (tertiary/aromatic N) is 1. The average molecular weight is 235 g/mol. The van der Waals surface area contributed by atoms with Crippen LogP contribution < -0.4 is 5.32 Å². The molecule has 2 aromatic rings. The minimum absolute atomic E-state index is 0.471. The number of H-pyrrole nitrogens is 1. The van der Waals surface area contributed by atoms with E-state index in [4.69, 9.17) is 0 Å². The Morgan fingerprint density at radius 2 is 2.44 bits per heavy atom. The first-order chi connectivity index (χ1) is 7.85. The van der Waals surface area contributed by atoms with E-state index in [9.17, 15) is 0 Å². The van der Waals surface area contributed by atoms with Crippen molar-refractivity contribution < 1.29 is 0 Å². The summed E-state index contributed by atoms with van der Waals surface area (Å²) in [4.78, 5) is 9.13. The molecule has 16 heavy (non-hydrogen) atoms. The SMILES string of the molecule is CCC(CNC)c1ncc(-c2cccs2)[nH]1. The summed E-state index contributed by atoms with van der Waals surface area (Å²) in [5.74, 6) is 1.55. The van der Waals surface area contributed by atoms with Crippen LogP contribution in [0.5, 0.6) is 0 Å². The number of rotatable bonds is 5. The van der Waals surface area contributed by atoms with Crippen molar-refractivity contribution in [2.75, 3.05) is 13.6 Å². The molecule has 2 heterocycles. The molecule has 0 aliphatic heterocycles. The van der Waals surface area contributed by atoms with Gasteiger partial charge in [-0.2, -0.15) is 0 Å². The summed E-state index contributed by atoms with van der Waals surface area (Å²) in [7, 11) is 1.98. The quantitative estimate of drug-likeness (QED) is 0.836. The van der Waals surface area contributed by atoms with Crippen molar-refractivity contribution in [2.24, 2.45) is 0 Å². The van der Waals surface area contributed by atoms with Gasteiger partial charge >= 0.3 is 0 Å². The van der Waals surface area contributed by atoms with E-state index in [0.29, 0.717) is 5.92 Å². The minimum atomic E-state index is 0.471. The van der Waals surface area contributed by atoms with E-state index in [-0.39, 0.29) is 0 Å². The summed E-state index contributed by atoms with van der Waals surface area (Å²) < 4.78 is 0. The van der Waals surface area contributed by atoms with Gasteiger partial charge in [-0.3, -0.25) is 0 Å². The monoisotopic (exact) mass is 235 g/mol. The Kier molecular flexibility index (Phi) is 3.74. The molecular formula is C12H17N3S. The van der Waals surface area contributed by atoms with Crippen molar-refractivity contribution in [1.82, 2.24) is 15.3 Å². The van der Waals surface area contributed by atoms with E-state index in [1.165, 1.54) is 4.88 Å². The van der Waals surface area contributed by atoms with Gasteiger partial charge in [-0.1, -0.05) is 13.0 Å². The zero-order valence-electron chi connectivity index (χ0n) is 9.66. The molecule has 1 atom stereocenters. The van der Waals surface area contributed by atoms with E-state index in [2.05, 4.69) is 39.7 Å². The molecule has 2 rings (SSSR count). The average Bonchev–Trinajstić information content (AvgIpc) is 2.95. The molecule has 0 bridgehead atoms. The number of imidazole rings is 1. The van der Waals surface area contributed by atoms with Gasteiger partial charge in [-0.25, -0.2) is 4.98 Å². The third-order valence-corrected chi connectivity index (χ3v) is 3.62. The Bertz CT molecular complexity index is 419. The van der Waals surface area contributed by atoms with Crippen LogP contribution in [0, 0.1) is 0 Å². The van der Waals surface area contributed by atoms with Crippen LogP contribution in [0.25, 0.3) is 10.6 Å². The number of hydrogen-bond donors (Lipinski definition) is 2. The minimum Gasteiger partial charge on any atom is -0.341 e. The highest BCUT2D eigenvalue weighted by atomic mass is 32.1. The third-order valence-electron chi connectivity index (χ3n) is 2.71. The molecule has 0 radical (unpaired) electrons. The highest BCUT2D eigenvalue weighted by molar-refractivity contribution is 7.13. The van der Waals surface area contributed by atoms with Crippen LogP contribution in [0.2, 0.25) is 0 Å². The van der Waals surface area contributed by atoms with Crippen LogP contribution >= 0.6 is 11.3 Å². The molecule has 0 saturated carbocycles. The van der Waals surface area contributed by atoms with Gasteiger partial charge in [-0.05, 0) is 24.9 Å². The van der Waals surface area contributed by atoms with Gasteiger partial charge in [0.25, 0.3) is 0 Å². The smallest absolute Gasteiger partial charge is 0.110 e. The van der Waals surface area contributed by atoms with E-state index >= 15 is 0 Å². The molecule has 0 saturated heterocycles. The fourth-order valence-corrected chi connectivity index (χ4v) is 2.47. The topological polar surface area (TPSA) is 40.7 Å². The van der Waals surface area contributed by atoms with E-state index in [0.717, 1.165) is 24.5 Å². The lowest BCUT2D eigenvalue weighted by Gasteiger charge is -2.10. The fraction of sp³-hybridized carbons (Fsp3) is 0.417. The second kappa shape index (κ2) is 5.27. The molecule has 0 spiro atoms. The largest absolute Gasteiger partial charge is 0.341 e. The first kappa shape index (κ1) is 11.4. The number of nitrogens with one attached hydrogen (secondary N) is 2. The Balaban J connectivity index is 2.18. The Morgan fingerprint density at radius 1 is 1.56 bits per heavy atom. The molecule has 3 nitrogen and oxygen atoms in total. The number of aromatic nitrogens is 2. The predicted octanol–water partition coefficient (Wildman–Crippen LogP) is 2.85. The Hall–Kier alpha value is -1.13. The maximum atomic E-state index is 4.47. The molecule has 0 aliphatic carbocycles. The van der Waals surface area contributed by atoms with Crippen LogP contribution in [0.15, 0.2) is 23.7 Å². The lowest BCUT2D eigenvalue weighted by atomic mass is 10.1.